The standard InChI is InChI=1S/C23H16Cl2F3N3O4S/c24-14-5-12(6-15(25)20(14)35)31-19(13-7-17(33)18(34)8-16(13)32)21(30-22(31)36)29-9-10-1-3-11(4-2-10)23(26,27)28/h1-8,19,32-35H,9H2,(H,29,30,36). The van der Waals surface area contributed by atoms with Gasteiger partial charge in [-0.1, -0.05) is 35.3 Å². The molecule has 1 atom stereocenters. The number of aromatic hydroxyl groups is 4. The number of benzene rings is 3. The Balaban J connectivity index is 1.78. The van der Waals surface area contributed by atoms with Crippen LogP contribution in [0.1, 0.15) is 22.7 Å². The van der Waals surface area contributed by atoms with E-state index in [0.29, 0.717) is 11.3 Å². The predicted molar refractivity (Wildman–Crippen MR) is 133 cm³/mol. The van der Waals surface area contributed by atoms with Crippen LogP contribution in [0, 0.1) is 0 Å². The van der Waals surface area contributed by atoms with Crippen molar-refractivity contribution in [2.75, 3.05) is 4.90 Å². The highest BCUT2D eigenvalue weighted by Gasteiger charge is 2.39. The second kappa shape index (κ2) is 9.57. The highest BCUT2D eigenvalue weighted by molar-refractivity contribution is 7.80. The second-order valence-corrected chi connectivity index (χ2v) is 8.96. The second-order valence-electron chi connectivity index (χ2n) is 7.76. The highest BCUT2D eigenvalue weighted by atomic mass is 35.5. The molecule has 0 amide bonds. The Kier molecular flexibility index (Phi) is 6.82. The lowest BCUT2D eigenvalue weighted by molar-refractivity contribution is -0.137. The topological polar surface area (TPSA) is 109 Å². The summed E-state index contributed by atoms with van der Waals surface area (Å²) in [5, 5.41) is 43.2. The number of aliphatic imine (C=N–C) groups is 1. The Morgan fingerprint density at radius 2 is 1.50 bits per heavy atom. The number of rotatable bonds is 4. The minimum absolute atomic E-state index is 0.0463. The molecule has 3 aromatic carbocycles. The van der Waals surface area contributed by atoms with Crippen molar-refractivity contribution < 1.29 is 33.6 Å². The fraction of sp³-hybridized carbons (Fsp3) is 0.130. The molecule has 1 saturated heterocycles. The summed E-state index contributed by atoms with van der Waals surface area (Å²) >= 11 is 17.6. The average molecular weight is 558 g/mol. The van der Waals surface area contributed by atoms with Crippen LogP contribution in [0.15, 0.2) is 53.5 Å². The number of thiocarbonyl (C=S) groups is 1. The van der Waals surface area contributed by atoms with Crippen molar-refractivity contribution >= 4 is 52.1 Å². The molecule has 7 nitrogen and oxygen atoms in total. The first-order chi connectivity index (χ1) is 16.9. The molecule has 0 bridgehead atoms. The van der Waals surface area contributed by atoms with Crippen LogP contribution in [0.3, 0.4) is 0 Å². The summed E-state index contributed by atoms with van der Waals surface area (Å²) in [6, 6.07) is 8.28. The van der Waals surface area contributed by atoms with Gasteiger partial charge in [0, 0.05) is 17.3 Å². The SMILES string of the molecule is Oc1cc(O)c(C2C(=NCc3ccc(C(F)(F)F)cc3)NC(=S)N2c2cc(Cl)c(O)c(Cl)c2)cc1O. The van der Waals surface area contributed by atoms with Crippen LogP contribution >= 0.6 is 35.4 Å². The van der Waals surface area contributed by atoms with Crippen molar-refractivity contribution in [1.82, 2.24) is 5.32 Å². The van der Waals surface area contributed by atoms with E-state index in [1.807, 2.05) is 0 Å². The molecule has 4 rings (SSSR count). The van der Waals surface area contributed by atoms with E-state index in [2.05, 4.69) is 10.3 Å². The van der Waals surface area contributed by atoms with E-state index in [0.717, 1.165) is 24.3 Å². The molecule has 5 N–H and O–H groups in total. The summed E-state index contributed by atoms with van der Waals surface area (Å²) in [7, 11) is 0. The first-order valence-electron chi connectivity index (χ1n) is 10.1. The summed E-state index contributed by atoms with van der Waals surface area (Å²) in [5.41, 5.74) is 0.0590. The monoisotopic (exact) mass is 557 g/mol. The van der Waals surface area contributed by atoms with Gasteiger partial charge in [0.05, 0.1) is 22.2 Å². The minimum Gasteiger partial charge on any atom is -0.507 e. The summed E-state index contributed by atoms with van der Waals surface area (Å²) in [4.78, 5) is 5.91. The number of phenolic OH excluding ortho intramolecular Hbond substituents is 4. The third-order valence-electron chi connectivity index (χ3n) is 5.38. The molecule has 1 heterocycles. The zero-order valence-corrected chi connectivity index (χ0v) is 20.2. The zero-order valence-electron chi connectivity index (χ0n) is 17.9. The highest BCUT2D eigenvalue weighted by Crippen LogP contribution is 2.44. The van der Waals surface area contributed by atoms with Crippen molar-refractivity contribution in [2.45, 2.75) is 18.8 Å². The van der Waals surface area contributed by atoms with Crippen molar-refractivity contribution in [2.24, 2.45) is 4.99 Å². The smallest absolute Gasteiger partial charge is 0.416 e. The Labute approximate surface area is 217 Å². The molecule has 0 aromatic heterocycles. The van der Waals surface area contributed by atoms with Gasteiger partial charge in [-0.15, -0.1) is 0 Å². The van der Waals surface area contributed by atoms with E-state index in [-0.39, 0.29) is 38.9 Å². The first kappa shape index (κ1) is 25.7. The number of amidine groups is 1. The molecular formula is C23H16Cl2F3N3O4S. The summed E-state index contributed by atoms with van der Waals surface area (Å²) in [6.45, 7) is -0.0463. The molecule has 1 aliphatic rings. The maximum Gasteiger partial charge on any atom is 0.416 e. The van der Waals surface area contributed by atoms with Gasteiger partial charge in [0.2, 0.25) is 0 Å². The Bertz CT molecular complexity index is 1360. The number of phenols is 4. The normalized spacial score (nSPS) is 17.0. The molecule has 188 valence electrons. The number of nitrogens with zero attached hydrogens (tertiary/aromatic N) is 2. The molecule has 36 heavy (non-hydrogen) atoms. The molecule has 1 fully saturated rings. The third-order valence-corrected chi connectivity index (χ3v) is 6.26. The minimum atomic E-state index is -4.47. The predicted octanol–water partition coefficient (Wildman–Crippen LogP) is 5.87. The lowest BCUT2D eigenvalue weighted by atomic mass is 10.0. The lowest BCUT2D eigenvalue weighted by Gasteiger charge is -2.26. The number of alkyl halides is 3. The van der Waals surface area contributed by atoms with Gasteiger partial charge in [0.1, 0.15) is 17.6 Å². The van der Waals surface area contributed by atoms with E-state index in [4.69, 9.17) is 35.4 Å². The van der Waals surface area contributed by atoms with Crippen LogP contribution in [0.4, 0.5) is 18.9 Å². The molecular weight excluding hydrogens is 542 g/mol. The van der Waals surface area contributed by atoms with Gasteiger partial charge in [-0.3, -0.25) is 4.99 Å². The first-order valence-corrected chi connectivity index (χ1v) is 11.3. The Hall–Kier alpha value is -3.41. The van der Waals surface area contributed by atoms with Gasteiger partial charge in [0.15, 0.2) is 22.4 Å². The summed E-state index contributed by atoms with van der Waals surface area (Å²) in [5.74, 6) is -1.65. The maximum atomic E-state index is 12.9. The quantitative estimate of drug-likeness (QED) is 0.155. The fourth-order valence-electron chi connectivity index (χ4n) is 3.62. The Morgan fingerprint density at radius 1 is 0.917 bits per heavy atom. The van der Waals surface area contributed by atoms with Gasteiger partial charge in [0.25, 0.3) is 0 Å². The number of hydrogen-bond donors (Lipinski definition) is 5. The van der Waals surface area contributed by atoms with E-state index in [1.54, 1.807) is 0 Å². The summed E-state index contributed by atoms with van der Waals surface area (Å²) in [6.07, 6.45) is -4.47. The Morgan fingerprint density at radius 3 is 2.08 bits per heavy atom. The number of halogens is 5. The molecule has 3 aromatic rings. The van der Waals surface area contributed by atoms with Crippen LogP contribution in [0.5, 0.6) is 23.0 Å². The third kappa shape index (κ3) is 4.95. The molecule has 1 aliphatic heterocycles. The van der Waals surface area contributed by atoms with Gasteiger partial charge in [-0.25, -0.2) is 0 Å². The number of nitrogens with one attached hydrogen (secondary N) is 1. The van der Waals surface area contributed by atoms with Crippen molar-refractivity contribution in [3.05, 3.63) is 75.3 Å². The van der Waals surface area contributed by atoms with Gasteiger partial charge < -0.3 is 30.6 Å². The zero-order chi connectivity index (χ0) is 26.4. The van der Waals surface area contributed by atoms with Gasteiger partial charge in [-0.05, 0) is 48.1 Å². The number of hydrogen-bond acceptors (Lipinski definition) is 6. The van der Waals surface area contributed by atoms with Crippen molar-refractivity contribution in [1.29, 1.82) is 0 Å². The van der Waals surface area contributed by atoms with Crippen molar-refractivity contribution in [3.63, 3.8) is 0 Å². The van der Waals surface area contributed by atoms with Crippen LogP contribution in [0.25, 0.3) is 0 Å². The van der Waals surface area contributed by atoms with Crippen molar-refractivity contribution in [3.8, 4) is 23.0 Å². The molecule has 0 saturated carbocycles. The fourth-order valence-corrected chi connectivity index (χ4v) is 4.42. The lowest BCUT2D eigenvalue weighted by Crippen LogP contribution is -2.29. The average Bonchev–Trinajstić information content (AvgIpc) is 3.13. The van der Waals surface area contributed by atoms with Gasteiger partial charge in [-0.2, -0.15) is 13.2 Å². The number of anilines is 1. The molecule has 0 radical (unpaired) electrons. The van der Waals surface area contributed by atoms with Crippen LogP contribution < -0.4 is 10.2 Å². The largest absolute Gasteiger partial charge is 0.507 e. The van der Waals surface area contributed by atoms with Crippen LogP contribution in [0.2, 0.25) is 10.0 Å². The molecule has 13 heteroatoms. The molecule has 1 unspecified atom stereocenters. The van der Waals surface area contributed by atoms with Crippen LogP contribution in [-0.2, 0) is 12.7 Å². The van der Waals surface area contributed by atoms with E-state index >= 15 is 0 Å². The van der Waals surface area contributed by atoms with E-state index in [9.17, 15) is 33.6 Å². The maximum absolute atomic E-state index is 12.9. The van der Waals surface area contributed by atoms with E-state index < -0.39 is 35.0 Å². The van der Waals surface area contributed by atoms with Gasteiger partial charge >= 0.3 is 6.18 Å². The molecule has 0 aliphatic carbocycles. The molecule has 0 spiro atoms. The van der Waals surface area contributed by atoms with Crippen LogP contribution in [-0.4, -0.2) is 31.4 Å². The van der Waals surface area contributed by atoms with E-state index in [1.165, 1.54) is 29.2 Å². The summed E-state index contributed by atoms with van der Waals surface area (Å²) < 4.78 is 38.6.